The van der Waals surface area contributed by atoms with Gasteiger partial charge < -0.3 is 14.8 Å². The Morgan fingerprint density at radius 1 is 1.00 bits per heavy atom. The maximum atomic E-state index is 12.2. The molecule has 26 heavy (non-hydrogen) atoms. The Balaban J connectivity index is 1.85. The fourth-order valence-electron chi connectivity index (χ4n) is 2.20. The summed E-state index contributed by atoms with van der Waals surface area (Å²) in [4.78, 5) is 12.2. The van der Waals surface area contributed by atoms with Crippen LogP contribution in [0, 0.1) is 5.92 Å². The van der Waals surface area contributed by atoms with E-state index in [9.17, 15) is 4.79 Å². The van der Waals surface area contributed by atoms with E-state index >= 15 is 0 Å². The average molecular weight is 353 g/mol. The van der Waals surface area contributed by atoms with Crippen molar-refractivity contribution in [3.8, 4) is 11.5 Å². The van der Waals surface area contributed by atoms with E-state index in [2.05, 4.69) is 19.2 Å². The normalized spacial score (nSPS) is 12.0. The van der Waals surface area contributed by atoms with Gasteiger partial charge in [0.15, 0.2) is 5.78 Å². The van der Waals surface area contributed by atoms with Crippen LogP contribution in [0.15, 0.2) is 60.8 Å². The molecule has 0 aliphatic rings. The van der Waals surface area contributed by atoms with Crippen LogP contribution in [0.2, 0.25) is 0 Å². The molecule has 0 heterocycles. The maximum Gasteiger partial charge on any atom is 0.187 e. The number of ketones is 1. The molecule has 2 aromatic rings. The highest BCUT2D eigenvalue weighted by molar-refractivity contribution is 6.04. The molecule has 2 rings (SSSR count). The molecule has 0 bridgehead atoms. The van der Waals surface area contributed by atoms with Gasteiger partial charge in [-0.25, -0.2) is 0 Å². The van der Waals surface area contributed by atoms with Crippen LogP contribution in [-0.2, 0) is 0 Å². The Bertz CT molecular complexity index is 705. The lowest BCUT2D eigenvalue weighted by atomic mass is 10.1. The summed E-state index contributed by atoms with van der Waals surface area (Å²) in [6.45, 7) is 7.58. The molecular formula is C22H27NO3. The molecule has 0 aromatic heterocycles. The second-order valence-electron chi connectivity index (χ2n) is 6.15. The minimum absolute atomic E-state index is 0.0584. The summed E-state index contributed by atoms with van der Waals surface area (Å²) in [5.41, 5.74) is 1.52. The van der Waals surface area contributed by atoms with Crippen LogP contribution in [0.25, 0.3) is 0 Å². The lowest BCUT2D eigenvalue weighted by Crippen LogP contribution is -2.07. The Kier molecular flexibility index (Phi) is 7.75. The SMILES string of the molecule is CCOc1ccc(N/C=C/C(=O)c2ccc(OC[C@H](C)CC)cc2)cc1. The number of benzene rings is 2. The highest BCUT2D eigenvalue weighted by Crippen LogP contribution is 2.16. The maximum absolute atomic E-state index is 12.2. The molecule has 1 atom stereocenters. The van der Waals surface area contributed by atoms with E-state index in [4.69, 9.17) is 9.47 Å². The zero-order valence-electron chi connectivity index (χ0n) is 15.7. The van der Waals surface area contributed by atoms with Gasteiger partial charge in [-0.1, -0.05) is 20.3 Å². The summed E-state index contributed by atoms with van der Waals surface area (Å²) >= 11 is 0. The van der Waals surface area contributed by atoms with Gasteiger partial charge in [-0.15, -0.1) is 0 Å². The van der Waals surface area contributed by atoms with Crippen molar-refractivity contribution in [3.05, 3.63) is 66.4 Å². The van der Waals surface area contributed by atoms with Gasteiger partial charge in [-0.2, -0.15) is 0 Å². The van der Waals surface area contributed by atoms with Crippen molar-refractivity contribution < 1.29 is 14.3 Å². The molecule has 0 aliphatic heterocycles. The summed E-state index contributed by atoms with van der Waals surface area (Å²) in [7, 11) is 0. The quantitative estimate of drug-likeness (QED) is 0.464. The van der Waals surface area contributed by atoms with Gasteiger partial charge in [0.25, 0.3) is 0 Å². The molecular weight excluding hydrogens is 326 g/mol. The summed E-state index contributed by atoms with van der Waals surface area (Å²) in [5.74, 6) is 2.08. The van der Waals surface area contributed by atoms with Gasteiger partial charge in [0, 0.05) is 23.5 Å². The van der Waals surface area contributed by atoms with Crippen molar-refractivity contribution in [1.29, 1.82) is 0 Å². The zero-order valence-corrected chi connectivity index (χ0v) is 15.7. The van der Waals surface area contributed by atoms with E-state index in [1.165, 1.54) is 6.08 Å². The van der Waals surface area contributed by atoms with Crippen LogP contribution in [0.3, 0.4) is 0 Å². The zero-order chi connectivity index (χ0) is 18.8. The van der Waals surface area contributed by atoms with Crippen molar-refractivity contribution in [3.63, 3.8) is 0 Å². The van der Waals surface area contributed by atoms with Gasteiger partial charge >= 0.3 is 0 Å². The summed E-state index contributed by atoms with van der Waals surface area (Å²) < 4.78 is 11.1. The molecule has 0 fully saturated rings. The van der Waals surface area contributed by atoms with Gasteiger partial charge in [-0.3, -0.25) is 4.79 Å². The van der Waals surface area contributed by atoms with E-state index in [0.29, 0.717) is 24.7 Å². The number of ether oxygens (including phenoxy) is 2. The molecule has 1 N–H and O–H groups in total. The largest absolute Gasteiger partial charge is 0.494 e. The molecule has 4 nitrogen and oxygen atoms in total. The highest BCUT2D eigenvalue weighted by atomic mass is 16.5. The predicted octanol–water partition coefficient (Wildman–Crippen LogP) is 5.32. The van der Waals surface area contributed by atoms with E-state index in [0.717, 1.165) is 23.6 Å². The lowest BCUT2D eigenvalue weighted by molar-refractivity contribution is 0.104. The van der Waals surface area contributed by atoms with E-state index < -0.39 is 0 Å². The molecule has 0 saturated carbocycles. The van der Waals surface area contributed by atoms with Crippen LogP contribution in [0.4, 0.5) is 5.69 Å². The number of hydrogen-bond acceptors (Lipinski definition) is 4. The number of nitrogens with one attached hydrogen (secondary N) is 1. The lowest BCUT2D eigenvalue weighted by Gasteiger charge is -2.10. The summed E-state index contributed by atoms with van der Waals surface area (Å²) in [6.07, 6.45) is 4.25. The van der Waals surface area contributed by atoms with E-state index in [-0.39, 0.29) is 5.78 Å². The van der Waals surface area contributed by atoms with E-state index in [1.807, 2.05) is 43.3 Å². The van der Waals surface area contributed by atoms with Crippen molar-refractivity contribution >= 4 is 11.5 Å². The first kappa shape index (κ1) is 19.6. The fourth-order valence-corrected chi connectivity index (χ4v) is 2.20. The monoisotopic (exact) mass is 353 g/mol. The Labute approximate surface area is 155 Å². The summed E-state index contributed by atoms with van der Waals surface area (Å²) in [6, 6.07) is 14.8. The van der Waals surface area contributed by atoms with Crippen molar-refractivity contribution in [2.24, 2.45) is 5.92 Å². The molecule has 0 unspecified atom stereocenters. The number of rotatable bonds is 10. The van der Waals surface area contributed by atoms with Crippen LogP contribution in [0.5, 0.6) is 11.5 Å². The Hall–Kier alpha value is -2.75. The van der Waals surface area contributed by atoms with Gasteiger partial charge in [0.05, 0.1) is 13.2 Å². The Morgan fingerprint density at radius 3 is 2.23 bits per heavy atom. The smallest absolute Gasteiger partial charge is 0.187 e. The number of carbonyl (C=O) groups excluding carboxylic acids is 1. The number of allylic oxidation sites excluding steroid dienone is 1. The topological polar surface area (TPSA) is 47.6 Å². The van der Waals surface area contributed by atoms with Crippen LogP contribution in [-0.4, -0.2) is 19.0 Å². The Morgan fingerprint density at radius 2 is 1.62 bits per heavy atom. The van der Waals surface area contributed by atoms with Gasteiger partial charge in [0.2, 0.25) is 0 Å². The molecule has 138 valence electrons. The van der Waals surface area contributed by atoms with E-state index in [1.54, 1.807) is 18.3 Å². The van der Waals surface area contributed by atoms with Crippen molar-refractivity contribution in [2.75, 3.05) is 18.5 Å². The minimum atomic E-state index is -0.0584. The number of hydrogen-bond donors (Lipinski definition) is 1. The molecule has 2 aromatic carbocycles. The minimum Gasteiger partial charge on any atom is -0.494 e. The standard InChI is InChI=1S/C22H27NO3/c1-4-17(3)16-26-21-10-6-18(7-11-21)22(24)14-15-23-19-8-12-20(13-9-19)25-5-2/h6-15,17,23H,4-5,16H2,1-3H3/b15-14+/t17-/m1/s1. The first-order chi connectivity index (χ1) is 12.6. The second-order valence-corrected chi connectivity index (χ2v) is 6.15. The molecule has 0 amide bonds. The van der Waals surface area contributed by atoms with Gasteiger partial charge in [-0.05, 0) is 61.4 Å². The third-order valence-corrected chi connectivity index (χ3v) is 4.02. The van der Waals surface area contributed by atoms with Crippen LogP contribution >= 0.6 is 0 Å². The first-order valence-corrected chi connectivity index (χ1v) is 9.05. The fraction of sp³-hybridized carbons (Fsp3) is 0.318. The second kappa shape index (κ2) is 10.3. The van der Waals surface area contributed by atoms with Crippen LogP contribution in [0.1, 0.15) is 37.6 Å². The number of anilines is 1. The first-order valence-electron chi connectivity index (χ1n) is 9.05. The third kappa shape index (κ3) is 6.28. The molecule has 4 heteroatoms. The molecule has 0 radical (unpaired) electrons. The van der Waals surface area contributed by atoms with Crippen molar-refractivity contribution in [1.82, 2.24) is 0 Å². The highest BCUT2D eigenvalue weighted by Gasteiger charge is 2.04. The number of carbonyl (C=O) groups is 1. The van der Waals surface area contributed by atoms with Crippen molar-refractivity contribution in [2.45, 2.75) is 27.2 Å². The predicted molar refractivity (Wildman–Crippen MR) is 106 cm³/mol. The van der Waals surface area contributed by atoms with Crippen LogP contribution < -0.4 is 14.8 Å². The average Bonchev–Trinajstić information content (AvgIpc) is 2.68. The molecule has 0 spiro atoms. The third-order valence-electron chi connectivity index (χ3n) is 4.02. The summed E-state index contributed by atoms with van der Waals surface area (Å²) in [5, 5.41) is 3.08. The molecule has 0 aliphatic carbocycles. The van der Waals surface area contributed by atoms with Gasteiger partial charge in [0.1, 0.15) is 11.5 Å². The molecule has 0 saturated heterocycles.